The zero-order valence-corrected chi connectivity index (χ0v) is 29.9. The van der Waals surface area contributed by atoms with Crippen LogP contribution in [0.3, 0.4) is 0 Å². The Hall–Kier alpha value is -7.23. The summed E-state index contributed by atoms with van der Waals surface area (Å²) in [5.74, 6) is 1.81. The number of aromatic nitrogens is 1. The number of ether oxygens (including phenoxy) is 1. The molecule has 2 aliphatic rings. The number of rotatable bonds is 5. The molecule has 1 aliphatic heterocycles. The quantitative estimate of drug-likeness (QED) is 0.179. The van der Waals surface area contributed by atoms with Crippen molar-refractivity contribution in [3.63, 3.8) is 0 Å². The normalized spacial score (nSPS) is 14.8. The van der Waals surface area contributed by atoms with E-state index >= 15 is 0 Å². The first kappa shape index (κ1) is 31.3. The molecule has 55 heavy (non-hydrogen) atoms. The zero-order chi connectivity index (χ0) is 36.3. The lowest BCUT2D eigenvalue weighted by Crippen LogP contribution is -2.32. The van der Waals surface area contributed by atoms with Crippen LogP contribution in [0, 0.1) is 0 Å². The molecule has 1 unspecified atom stereocenters. The molecule has 0 saturated carbocycles. The molecule has 1 atom stereocenters. The summed E-state index contributed by atoms with van der Waals surface area (Å²) in [7, 11) is 0. The summed E-state index contributed by atoms with van der Waals surface area (Å²) in [4.78, 5) is 6.66. The maximum absolute atomic E-state index is 6.90. The lowest BCUT2D eigenvalue weighted by Gasteiger charge is -2.40. The van der Waals surface area contributed by atoms with E-state index in [1.807, 2.05) is 12.4 Å². The molecular formula is C52H34N2O. The highest BCUT2D eigenvalue weighted by molar-refractivity contribution is 6.00. The standard InChI is InChI=1S/C52H34N2O/c1-2-11-35(12-3-1)36-21-26-40(27-22-36)54(41-28-23-37(24-29-41)38-31-33-53-34-32-38)48-19-10-18-46-50(48)43-15-6-7-16-44(43)52(46)45-17-8-9-20-49(45)55-51-42-14-5-4-13-39(42)25-30-47(51)52/h1-34H. The summed E-state index contributed by atoms with van der Waals surface area (Å²) in [6.45, 7) is 0. The van der Waals surface area contributed by atoms with Gasteiger partial charge in [0.15, 0.2) is 0 Å². The van der Waals surface area contributed by atoms with Crippen LogP contribution in [0.2, 0.25) is 0 Å². The molecule has 0 fully saturated rings. The van der Waals surface area contributed by atoms with Crippen LogP contribution < -0.4 is 9.64 Å². The van der Waals surface area contributed by atoms with Gasteiger partial charge in [0, 0.05) is 45.8 Å². The molecule has 8 aromatic carbocycles. The third kappa shape index (κ3) is 4.73. The molecule has 3 nitrogen and oxygen atoms in total. The molecule has 0 N–H and O–H groups in total. The van der Waals surface area contributed by atoms with Gasteiger partial charge in [0.2, 0.25) is 0 Å². The van der Waals surface area contributed by atoms with Gasteiger partial charge in [0.25, 0.3) is 0 Å². The average Bonchev–Trinajstić information content (AvgIpc) is 3.56. The van der Waals surface area contributed by atoms with Gasteiger partial charge in [0.1, 0.15) is 11.5 Å². The number of anilines is 3. The zero-order valence-electron chi connectivity index (χ0n) is 29.9. The maximum atomic E-state index is 6.90. The van der Waals surface area contributed by atoms with Crippen molar-refractivity contribution < 1.29 is 4.74 Å². The summed E-state index contributed by atoms with van der Waals surface area (Å²) in [6, 6.07) is 70.1. The van der Waals surface area contributed by atoms with E-state index in [1.54, 1.807) is 0 Å². The second kappa shape index (κ2) is 12.4. The minimum Gasteiger partial charge on any atom is -0.456 e. The summed E-state index contributed by atoms with van der Waals surface area (Å²) < 4.78 is 6.90. The van der Waals surface area contributed by atoms with Gasteiger partial charge >= 0.3 is 0 Å². The monoisotopic (exact) mass is 702 g/mol. The number of nitrogens with zero attached hydrogens (tertiary/aromatic N) is 2. The van der Waals surface area contributed by atoms with Crippen LogP contribution in [0.4, 0.5) is 17.1 Å². The van der Waals surface area contributed by atoms with Gasteiger partial charge < -0.3 is 9.64 Å². The Morgan fingerprint density at radius 2 is 1.02 bits per heavy atom. The Morgan fingerprint density at radius 1 is 0.418 bits per heavy atom. The number of hydrogen-bond acceptors (Lipinski definition) is 3. The summed E-state index contributed by atoms with van der Waals surface area (Å²) >= 11 is 0. The Bertz CT molecular complexity index is 2800. The van der Waals surface area contributed by atoms with Crippen LogP contribution in [0.1, 0.15) is 22.3 Å². The fourth-order valence-electron chi connectivity index (χ4n) is 9.05. The number of benzene rings is 8. The molecular weight excluding hydrogens is 669 g/mol. The van der Waals surface area contributed by atoms with Crippen molar-refractivity contribution >= 4 is 27.8 Å². The third-order valence-corrected chi connectivity index (χ3v) is 11.4. The van der Waals surface area contributed by atoms with Gasteiger partial charge in [-0.2, -0.15) is 0 Å². The Labute approximate surface area is 320 Å². The SMILES string of the molecule is c1ccc(-c2ccc(N(c3ccc(-c4ccncc4)cc3)c3cccc4c3-c3ccccc3C43c4ccccc4Oc4c3ccc3ccccc43)cc2)cc1. The molecule has 1 spiro atoms. The van der Waals surface area contributed by atoms with E-state index in [-0.39, 0.29) is 0 Å². The van der Waals surface area contributed by atoms with Crippen LogP contribution in [0.5, 0.6) is 11.5 Å². The Balaban J connectivity index is 1.18. The van der Waals surface area contributed by atoms with Crippen LogP contribution in [0.25, 0.3) is 44.2 Å². The van der Waals surface area contributed by atoms with Crippen LogP contribution in [-0.2, 0) is 5.41 Å². The van der Waals surface area contributed by atoms with E-state index in [0.717, 1.165) is 61.6 Å². The molecule has 11 rings (SSSR count). The van der Waals surface area contributed by atoms with Crippen molar-refractivity contribution in [2.75, 3.05) is 4.90 Å². The smallest absolute Gasteiger partial charge is 0.140 e. The lowest BCUT2D eigenvalue weighted by atomic mass is 9.65. The summed E-state index contributed by atoms with van der Waals surface area (Å²) in [5, 5.41) is 2.28. The average molecular weight is 703 g/mol. The number of fused-ring (bicyclic) bond motifs is 11. The number of para-hydroxylation sites is 1. The molecule has 3 heteroatoms. The summed E-state index contributed by atoms with van der Waals surface area (Å²) in [6.07, 6.45) is 3.69. The van der Waals surface area contributed by atoms with Crippen LogP contribution in [-0.4, -0.2) is 4.98 Å². The molecule has 9 aromatic rings. The highest BCUT2D eigenvalue weighted by Gasteiger charge is 2.52. The van der Waals surface area contributed by atoms with Crippen LogP contribution >= 0.6 is 0 Å². The summed E-state index contributed by atoms with van der Waals surface area (Å²) in [5.41, 5.74) is 14.6. The van der Waals surface area contributed by atoms with Gasteiger partial charge in [0.05, 0.1) is 11.1 Å². The second-order valence-corrected chi connectivity index (χ2v) is 14.3. The first-order chi connectivity index (χ1) is 27.3. The number of hydrogen-bond donors (Lipinski definition) is 0. The molecule has 1 aliphatic carbocycles. The highest BCUT2D eigenvalue weighted by Crippen LogP contribution is 2.64. The fraction of sp³-hybridized carbons (Fsp3) is 0.0192. The van der Waals surface area contributed by atoms with Crippen molar-refractivity contribution in [2.24, 2.45) is 0 Å². The van der Waals surface area contributed by atoms with Gasteiger partial charge in [-0.05, 0) is 92.9 Å². The lowest BCUT2D eigenvalue weighted by molar-refractivity contribution is 0.441. The molecule has 0 amide bonds. The maximum Gasteiger partial charge on any atom is 0.140 e. The van der Waals surface area contributed by atoms with Crippen molar-refractivity contribution in [1.82, 2.24) is 4.98 Å². The third-order valence-electron chi connectivity index (χ3n) is 11.4. The molecule has 258 valence electrons. The Morgan fingerprint density at radius 3 is 1.78 bits per heavy atom. The van der Waals surface area contributed by atoms with Gasteiger partial charge in [-0.1, -0.05) is 146 Å². The molecule has 0 bridgehead atoms. The van der Waals surface area contributed by atoms with E-state index < -0.39 is 5.41 Å². The van der Waals surface area contributed by atoms with Crippen molar-refractivity contribution in [2.45, 2.75) is 5.41 Å². The fourth-order valence-corrected chi connectivity index (χ4v) is 9.05. The van der Waals surface area contributed by atoms with Crippen LogP contribution in [0.15, 0.2) is 207 Å². The minimum absolute atomic E-state index is 0.593. The highest BCUT2D eigenvalue weighted by atomic mass is 16.5. The van der Waals surface area contributed by atoms with Gasteiger partial charge in [-0.25, -0.2) is 0 Å². The predicted molar refractivity (Wildman–Crippen MR) is 225 cm³/mol. The van der Waals surface area contributed by atoms with Crippen molar-refractivity contribution in [3.8, 4) is 44.9 Å². The molecule has 0 saturated heterocycles. The second-order valence-electron chi connectivity index (χ2n) is 14.3. The minimum atomic E-state index is -0.593. The van der Waals surface area contributed by atoms with E-state index in [4.69, 9.17) is 4.74 Å². The first-order valence-electron chi connectivity index (χ1n) is 18.8. The first-order valence-corrected chi connectivity index (χ1v) is 18.8. The number of pyridine rings is 1. The van der Waals surface area contributed by atoms with Crippen molar-refractivity contribution in [1.29, 1.82) is 0 Å². The Kier molecular flexibility index (Phi) is 7.08. The predicted octanol–water partition coefficient (Wildman–Crippen LogP) is 13.5. The van der Waals surface area contributed by atoms with E-state index in [0.29, 0.717) is 0 Å². The van der Waals surface area contributed by atoms with E-state index in [2.05, 4.69) is 204 Å². The van der Waals surface area contributed by atoms with Gasteiger partial charge in [-0.15, -0.1) is 0 Å². The molecule has 0 radical (unpaired) electrons. The van der Waals surface area contributed by atoms with E-state index in [9.17, 15) is 0 Å². The van der Waals surface area contributed by atoms with E-state index in [1.165, 1.54) is 33.4 Å². The van der Waals surface area contributed by atoms with Gasteiger partial charge in [-0.3, -0.25) is 4.98 Å². The largest absolute Gasteiger partial charge is 0.456 e. The molecule has 2 heterocycles. The topological polar surface area (TPSA) is 25.4 Å². The molecule has 1 aromatic heterocycles. The van der Waals surface area contributed by atoms with Crippen molar-refractivity contribution in [3.05, 3.63) is 229 Å².